The van der Waals surface area contributed by atoms with Crippen LogP contribution in [0.15, 0.2) is 18.3 Å². The number of nitrogens with zero attached hydrogens (tertiary/aromatic N) is 2. The zero-order chi connectivity index (χ0) is 12.6. The van der Waals surface area contributed by atoms with E-state index in [0.717, 1.165) is 22.6 Å². The number of benzene rings is 1. The highest BCUT2D eigenvalue weighted by Gasteiger charge is 2.13. The second-order valence-corrected chi connectivity index (χ2v) is 4.22. The van der Waals surface area contributed by atoms with Gasteiger partial charge in [-0.1, -0.05) is 6.07 Å². The van der Waals surface area contributed by atoms with E-state index in [1.165, 1.54) is 5.56 Å². The number of aromatic nitrogens is 2. The Morgan fingerprint density at radius 1 is 1.29 bits per heavy atom. The highest BCUT2D eigenvalue weighted by Crippen LogP contribution is 2.34. The first-order valence-corrected chi connectivity index (χ1v) is 5.47. The normalized spacial score (nSPS) is 10.6. The van der Waals surface area contributed by atoms with Crippen LogP contribution in [-0.2, 0) is 7.05 Å². The molecule has 1 heterocycles. The summed E-state index contributed by atoms with van der Waals surface area (Å²) in [6.45, 7) is 4.10. The van der Waals surface area contributed by atoms with Crippen LogP contribution in [-0.4, -0.2) is 16.7 Å². The van der Waals surface area contributed by atoms with Gasteiger partial charge < -0.3 is 15.0 Å². The van der Waals surface area contributed by atoms with Crippen LogP contribution in [0.2, 0.25) is 0 Å². The summed E-state index contributed by atoms with van der Waals surface area (Å²) < 4.78 is 7.33. The monoisotopic (exact) mass is 231 g/mol. The molecule has 2 aromatic rings. The molecule has 17 heavy (non-hydrogen) atoms. The van der Waals surface area contributed by atoms with Gasteiger partial charge in [0.2, 0.25) is 0 Å². The average Bonchev–Trinajstić information content (AvgIpc) is 2.59. The number of rotatable bonds is 2. The molecule has 0 amide bonds. The van der Waals surface area contributed by atoms with Gasteiger partial charge in [0, 0.05) is 12.6 Å². The summed E-state index contributed by atoms with van der Waals surface area (Å²) in [5.74, 6) is 1.37. The van der Waals surface area contributed by atoms with Crippen LogP contribution in [0.3, 0.4) is 0 Å². The van der Waals surface area contributed by atoms with Crippen LogP contribution in [0.4, 0.5) is 5.95 Å². The number of methoxy groups -OCH3 is 1. The Bertz CT molecular complexity index is 558. The third kappa shape index (κ3) is 1.86. The van der Waals surface area contributed by atoms with Crippen molar-refractivity contribution in [1.29, 1.82) is 0 Å². The molecular weight excluding hydrogens is 214 g/mol. The Labute approximate surface area is 101 Å². The molecule has 0 aliphatic carbocycles. The lowest BCUT2D eigenvalue weighted by atomic mass is 10.0. The van der Waals surface area contributed by atoms with Crippen LogP contribution >= 0.6 is 0 Å². The van der Waals surface area contributed by atoms with Crippen LogP contribution in [0.5, 0.6) is 5.75 Å². The highest BCUT2D eigenvalue weighted by molar-refractivity contribution is 5.71. The Morgan fingerprint density at radius 3 is 2.53 bits per heavy atom. The lowest BCUT2D eigenvalue weighted by Gasteiger charge is -2.13. The van der Waals surface area contributed by atoms with Gasteiger partial charge >= 0.3 is 0 Å². The van der Waals surface area contributed by atoms with E-state index in [9.17, 15) is 0 Å². The van der Waals surface area contributed by atoms with Gasteiger partial charge in [-0.15, -0.1) is 0 Å². The Hall–Kier alpha value is -1.97. The van der Waals surface area contributed by atoms with Crippen molar-refractivity contribution in [2.75, 3.05) is 12.8 Å². The summed E-state index contributed by atoms with van der Waals surface area (Å²) >= 11 is 0. The number of ether oxygens (including phenoxy) is 1. The van der Waals surface area contributed by atoms with E-state index in [0.29, 0.717) is 5.95 Å². The first kappa shape index (κ1) is 11.5. The van der Waals surface area contributed by atoms with Crippen LogP contribution < -0.4 is 10.5 Å². The third-order valence-electron chi connectivity index (χ3n) is 2.92. The fourth-order valence-corrected chi connectivity index (χ4v) is 2.09. The summed E-state index contributed by atoms with van der Waals surface area (Å²) in [5, 5.41) is 0. The molecule has 0 radical (unpaired) electrons. The molecule has 4 nitrogen and oxygen atoms in total. The van der Waals surface area contributed by atoms with E-state index in [1.807, 2.05) is 18.5 Å². The third-order valence-corrected chi connectivity index (χ3v) is 2.92. The molecular formula is C13H17N3O. The maximum atomic E-state index is 5.76. The molecule has 0 spiro atoms. The van der Waals surface area contributed by atoms with E-state index in [1.54, 1.807) is 13.3 Å². The van der Waals surface area contributed by atoms with Crippen molar-refractivity contribution in [3.63, 3.8) is 0 Å². The van der Waals surface area contributed by atoms with Crippen LogP contribution in [0.25, 0.3) is 11.3 Å². The van der Waals surface area contributed by atoms with E-state index in [-0.39, 0.29) is 0 Å². The minimum Gasteiger partial charge on any atom is -0.496 e. The number of anilines is 1. The number of nitrogens with two attached hydrogens (primary N) is 1. The van der Waals surface area contributed by atoms with Crippen molar-refractivity contribution >= 4 is 5.95 Å². The smallest absolute Gasteiger partial charge is 0.200 e. The van der Waals surface area contributed by atoms with Crippen molar-refractivity contribution in [3.8, 4) is 17.0 Å². The van der Waals surface area contributed by atoms with Gasteiger partial charge in [0.05, 0.1) is 19.0 Å². The second kappa shape index (κ2) is 4.13. The Morgan fingerprint density at radius 2 is 2.00 bits per heavy atom. The van der Waals surface area contributed by atoms with Gasteiger partial charge in [-0.05, 0) is 31.0 Å². The summed E-state index contributed by atoms with van der Waals surface area (Å²) in [6, 6.07) is 4.18. The first-order valence-electron chi connectivity index (χ1n) is 5.47. The van der Waals surface area contributed by atoms with Crippen molar-refractivity contribution < 1.29 is 4.74 Å². The van der Waals surface area contributed by atoms with Gasteiger partial charge in [-0.3, -0.25) is 0 Å². The van der Waals surface area contributed by atoms with Crippen LogP contribution in [0.1, 0.15) is 11.1 Å². The number of hydrogen-bond donors (Lipinski definition) is 1. The molecule has 2 rings (SSSR count). The minimum atomic E-state index is 0.501. The summed E-state index contributed by atoms with van der Waals surface area (Å²) in [7, 11) is 3.58. The first-order chi connectivity index (χ1) is 8.04. The van der Waals surface area contributed by atoms with Crippen molar-refractivity contribution in [2.45, 2.75) is 13.8 Å². The number of imidazole rings is 1. The number of aryl methyl sites for hydroxylation is 2. The molecule has 4 heteroatoms. The van der Waals surface area contributed by atoms with Crippen molar-refractivity contribution in [3.05, 3.63) is 29.5 Å². The standard InChI is InChI=1S/C13H17N3O/c1-8-5-9(2)12(17-4)10(6-8)11-7-15-13(14)16(11)3/h5-7H,1-4H3,(H2,14,15). The fourth-order valence-electron chi connectivity index (χ4n) is 2.09. The predicted molar refractivity (Wildman–Crippen MR) is 69.1 cm³/mol. The SMILES string of the molecule is COc1c(C)cc(C)cc1-c1cnc(N)n1C. The molecule has 0 aliphatic rings. The second-order valence-electron chi connectivity index (χ2n) is 4.22. The molecule has 0 saturated heterocycles. The average molecular weight is 231 g/mol. The van der Waals surface area contributed by atoms with E-state index < -0.39 is 0 Å². The van der Waals surface area contributed by atoms with E-state index in [2.05, 4.69) is 24.0 Å². The lowest BCUT2D eigenvalue weighted by molar-refractivity contribution is 0.413. The summed E-state index contributed by atoms with van der Waals surface area (Å²) in [6.07, 6.45) is 1.77. The largest absolute Gasteiger partial charge is 0.496 e. The Balaban J connectivity index is 2.70. The molecule has 2 N–H and O–H groups in total. The molecule has 0 bridgehead atoms. The molecule has 0 atom stereocenters. The predicted octanol–water partition coefficient (Wildman–Crippen LogP) is 2.29. The zero-order valence-electron chi connectivity index (χ0n) is 10.6. The molecule has 0 fully saturated rings. The van der Waals surface area contributed by atoms with Gasteiger partial charge in [0.15, 0.2) is 5.95 Å². The zero-order valence-corrected chi connectivity index (χ0v) is 10.6. The van der Waals surface area contributed by atoms with Crippen LogP contribution in [0, 0.1) is 13.8 Å². The van der Waals surface area contributed by atoms with Crippen molar-refractivity contribution in [2.24, 2.45) is 7.05 Å². The maximum Gasteiger partial charge on any atom is 0.200 e. The Kier molecular flexibility index (Phi) is 2.79. The van der Waals surface area contributed by atoms with Gasteiger partial charge in [-0.25, -0.2) is 4.98 Å². The summed E-state index contributed by atoms with van der Waals surface area (Å²) in [4.78, 5) is 4.11. The minimum absolute atomic E-state index is 0.501. The number of hydrogen-bond acceptors (Lipinski definition) is 3. The highest BCUT2D eigenvalue weighted by atomic mass is 16.5. The van der Waals surface area contributed by atoms with Gasteiger partial charge in [0.1, 0.15) is 5.75 Å². The maximum absolute atomic E-state index is 5.76. The molecule has 0 unspecified atom stereocenters. The topological polar surface area (TPSA) is 53.1 Å². The van der Waals surface area contributed by atoms with Gasteiger partial charge in [0.25, 0.3) is 0 Å². The molecule has 1 aromatic heterocycles. The van der Waals surface area contributed by atoms with Crippen molar-refractivity contribution in [1.82, 2.24) is 9.55 Å². The fraction of sp³-hybridized carbons (Fsp3) is 0.308. The van der Waals surface area contributed by atoms with E-state index >= 15 is 0 Å². The summed E-state index contributed by atoms with van der Waals surface area (Å²) in [5.41, 5.74) is 10.1. The molecule has 0 saturated carbocycles. The number of nitrogen functional groups attached to an aromatic ring is 1. The quantitative estimate of drug-likeness (QED) is 0.862. The van der Waals surface area contributed by atoms with Gasteiger partial charge in [-0.2, -0.15) is 0 Å². The molecule has 0 aliphatic heterocycles. The molecule has 1 aromatic carbocycles. The molecule has 90 valence electrons. The lowest BCUT2D eigenvalue weighted by Crippen LogP contribution is -2.00. The van der Waals surface area contributed by atoms with E-state index in [4.69, 9.17) is 10.5 Å².